The molecule has 3 rings (SSSR count). The van der Waals surface area contributed by atoms with Crippen molar-refractivity contribution >= 4 is 11.8 Å². The van der Waals surface area contributed by atoms with Crippen LogP contribution in [0.2, 0.25) is 0 Å². The van der Waals surface area contributed by atoms with Crippen molar-refractivity contribution in [3.63, 3.8) is 0 Å². The van der Waals surface area contributed by atoms with Gasteiger partial charge in [-0.1, -0.05) is 67.2 Å². The Balaban J connectivity index is 2.14. The first-order valence-corrected chi connectivity index (χ1v) is 10.4. The number of phenolic OH excluding ortho intramolecular Hbond substituents is 1. The summed E-state index contributed by atoms with van der Waals surface area (Å²) in [5.74, 6) is 0.556. The Labute approximate surface area is 152 Å². The first-order valence-electron chi connectivity index (χ1n) is 9.62. The highest BCUT2D eigenvalue weighted by atomic mass is 32.2. The van der Waals surface area contributed by atoms with Crippen LogP contribution in [0.5, 0.6) is 5.75 Å². The van der Waals surface area contributed by atoms with E-state index in [1.165, 1.54) is 54.5 Å². The Bertz CT molecular complexity index is 623. The molecule has 0 bridgehead atoms. The lowest BCUT2D eigenvalue weighted by Crippen LogP contribution is -2.24. The van der Waals surface area contributed by atoms with Gasteiger partial charge in [-0.05, 0) is 41.7 Å². The zero-order valence-corrected chi connectivity index (χ0v) is 17.2. The van der Waals surface area contributed by atoms with Crippen LogP contribution < -0.4 is 0 Å². The maximum Gasteiger partial charge on any atom is 0.123 e. The van der Waals surface area contributed by atoms with E-state index in [-0.39, 0.29) is 10.8 Å². The Kier molecular flexibility index (Phi) is 4.52. The van der Waals surface area contributed by atoms with E-state index in [4.69, 9.17) is 0 Å². The summed E-state index contributed by atoms with van der Waals surface area (Å²) in [6.45, 7) is 13.4. The van der Waals surface area contributed by atoms with Crippen LogP contribution in [0, 0.1) is 0 Å². The van der Waals surface area contributed by atoms with Crippen LogP contribution in [0.1, 0.15) is 96.8 Å². The Morgan fingerprint density at radius 2 is 1.50 bits per heavy atom. The lowest BCUT2D eigenvalue weighted by molar-refractivity contribution is 0.417. The largest absolute Gasteiger partial charge is 0.507 e. The van der Waals surface area contributed by atoms with Crippen LogP contribution in [0.3, 0.4) is 0 Å². The second-order valence-electron chi connectivity index (χ2n) is 10.0. The molecule has 1 N–H and O–H groups in total. The van der Waals surface area contributed by atoms with Gasteiger partial charge in [0, 0.05) is 20.8 Å². The van der Waals surface area contributed by atoms with E-state index in [1.54, 1.807) is 0 Å². The van der Waals surface area contributed by atoms with E-state index in [0.29, 0.717) is 10.5 Å². The third-order valence-corrected chi connectivity index (χ3v) is 7.33. The van der Waals surface area contributed by atoms with Crippen LogP contribution in [0.25, 0.3) is 0 Å². The normalized spacial score (nSPS) is 20.9. The fourth-order valence-electron chi connectivity index (χ4n) is 4.58. The predicted octanol–water partition coefficient (Wildman–Crippen LogP) is 6.73. The number of benzene rings is 1. The average molecular weight is 347 g/mol. The minimum atomic E-state index is -0.0289. The Morgan fingerprint density at radius 3 is 2.00 bits per heavy atom. The van der Waals surface area contributed by atoms with Crippen molar-refractivity contribution in [2.24, 2.45) is 0 Å². The van der Waals surface area contributed by atoms with E-state index in [9.17, 15) is 5.11 Å². The molecule has 1 spiro atoms. The zero-order valence-electron chi connectivity index (χ0n) is 16.4. The average Bonchev–Trinajstić information content (AvgIpc) is 2.60. The van der Waals surface area contributed by atoms with Crippen molar-refractivity contribution in [3.05, 3.63) is 22.8 Å². The SMILES string of the molecule is CC(C)(C)c1cc2c(c(C(C)(C)C)c1O)CC1(CCCCCC1)S2. The predicted molar refractivity (Wildman–Crippen MR) is 106 cm³/mol. The van der Waals surface area contributed by atoms with E-state index in [1.807, 2.05) is 0 Å². The molecule has 0 aromatic heterocycles. The van der Waals surface area contributed by atoms with Crippen LogP contribution in [-0.4, -0.2) is 9.85 Å². The van der Waals surface area contributed by atoms with Gasteiger partial charge in [0.25, 0.3) is 0 Å². The lowest BCUT2D eigenvalue weighted by Gasteiger charge is -2.30. The van der Waals surface area contributed by atoms with Crippen LogP contribution >= 0.6 is 11.8 Å². The van der Waals surface area contributed by atoms with E-state index in [2.05, 4.69) is 59.4 Å². The van der Waals surface area contributed by atoms with Crippen molar-refractivity contribution < 1.29 is 5.11 Å². The third kappa shape index (κ3) is 3.23. The maximum absolute atomic E-state index is 11.2. The standard InChI is InChI=1S/C22H34OS/c1-20(2,3)16-13-17-15(18(19(16)23)21(4,5)6)14-22(24-17)11-9-7-8-10-12-22/h13,23H,7-12,14H2,1-6H3. The van der Waals surface area contributed by atoms with Gasteiger partial charge >= 0.3 is 0 Å². The number of phenols is 1. The number of hydrogen-bond acceptors (Lipinski definition) is 2. The summed E-state index contributed by atoms with van der Waals surface area (Å²) in [5, 5.41) is 11.2. The minimum Gasteiger partial charge on any atom is -0.507 e. The molecule has 1 fully saturated rings. The van der Waals surface area contributed by atoms with Crippen molar-refractivity contribution in [2.45, 2.75) is 107 Å². The zero-order chi connectivity index (χ0) is 17.8. The number of thioether (sulfide) groups is 1. The molecule has 0 radical (unpaired) electrons. The van der Waals surface area contributed by atoms with Crippen molar-refractivity contribution in [1.29, 1.82) is 0 Å². The molecule has 1 nitrogen and oxygen atoms in total. The van der Waals surface area contributed by atoms with Crippen LogP contribution in [0.15, 0.2) is 11.0 Å². The summed E-state index contributed by atoms with van der Waals surface area (Å²) in [6.07, 6.45) is 9.33. The van der Waals surface area contributed by atoms with Crippen molar-refractivity contribution in [2.75, 3.05) is 0 Å². The van der Waals surface area contributed by atoms with Gasteiger partial charge < -0.3 is 5.11 Å². The third-order valence-electron chi connectivity index (χ3n) is 5.76. The quantitative estimate of drug-likeness (QED) is 0.562. The number of fused-ring (bicyclic) bond motifs is 1. The summed E-state index contributed by atoms with van der Waals surface area (Å²) in [7, 11) is 0. The molecular weight excluding hydrogens is 312 g/mol. The molecule has 0 unspecified atom stereocenters. The summed E-state index contributed by atoms with van der Waals surface area (Å²) >= 11 is 2.13. The van der Waals surface area contributed by atoms with Crippen LogP contribution in [-0.2, 0) is 17.3 Å². The summed E-state index contributed by atoms with van der Waals surface area (Å²) in [5.41, 5.74) is 3.72. The molecule has 0 atom stereocenters. The molecule has 134 valence electrons. The highest BCUT2D eigenvalue weighted by molar-refractivity contribution is 8.01. The lowest BCUT2D eigenvalue weighted by atomic mass is 9.75. The van der Waals surface area contributed by atoms with Gasteiger partial charge in [0.2, 0.25) is 0 Å². The van der Waals surface area contributed by atoms with Gasteiger partial charge in [0.1, 0.15) is 5.75 Å². The first kappa shape index (κ1) is 18.2. The molecule has 0 saturated heterocycles. The fraction of sp³-hybridized carbons (Fsp3) is 0.727. The summed E-state index contributed by atoms with van der Waals surface area (Å²) in [6, 6.07) is 2.31. The van der Waals surface area contributed by atoms with E-state index < -0.39 is 0 Å². The van der Waals surface area contributed by atoms with E-state index in [0.717, 1.165) is 12.0 Å². The number of rotatable bonds is 0. The molecule has 2 heteroatoms. The van der Waals surface area contributed by atoms with Gasteiger partial charge in [-0.2, -0.15) is 0 Å². The van der Waals surface area contributed by atoms with Gasteiger partial charge in [0.05, 0.1) is 0 Å². The minimum absolute atomic E-state index is 0.0216. The number of hydrogen-bond donors (Lipinski definition) is 1. The molecule has 24 heavy (non-hydrogen) atoms. The maximum atomic E-state index is 11.2. The highest BCUT2D eigenvalue weighted by Gasteiger charge is 2.42. The van der Waals surface area contributed by atoms with Gasteiger partial charge in [-0.3, -0.25) is 0 Å². The van der Waals surface area contributed by atoms with Crippen LogP contribution in [0.4, 0.5) is 0 Å². The molecule has 1 aliphatic heterocycles. The van der Waals surface area contributed by atoms with E-state index >= 15 is 0 Å². The molecule has 2 aliphatic rings. The van der Waals surface area contributed by atoms with Gasteiger partial charge in [-0.15, -0.1) is 11.8 Å². The molecule has 1 aromatic rings. The number of aromatic hydroxyl groups is 1. The highest BCUT2D eigenvalue weighted by Crippen LogP contribution is 2.56. The Morgan fingerprint density at radius 1 is 0.917 bits per heavy atom. The Hall–Kier alpha value is -0.630. The first-order chi connectivity index (χ1) is 11.0. The topological polar surface area (TPSA) is 20.2 Å². The summed E-state index contributed by atoms with van der Waals surface area (Å²) in [4.78, 5) is 1.45. The second-order valence-corrected chi connectivity index (χ2v) is 11.5. The summed E-state index contributed by atoms with van der Waals surface area (Å²) < 4.78 is 0.391. The fourth-order valence-corrected chi connectivity index (χ4v) is 6.23. The van der Waals surface area contributed by atoms with Gasteiger partial charge in [-0.25, -0.2) is 0 Å². The molecule has 0 amide bonds. The molecule has 1 aromatic carbocycles. The van der Waals surface area contributed by atoms with Crippen molar-refractivity contribution in [1.82, 2.24) is 0 Å². The second kappa shape index (κ2) is 5.97. The smallest absolute Gasteiger partial charge is 0.123 e. The molecule has 1 heterocycles. The molecular formula is C22H34OS. The molecule has 1 aliphatic carbocycles. The molecule has 1 saturated carbocycles. The monoisotopic (exact) mass is 346 g/mol. The van der Waals surface area contributed by atoms with Gasteiger partial charge in [0.15, 0.2) is 0 Å². The van der Waals surface area contributed by atoms with Crippen molar-refractivity contribution in [3.8, 4) is 5.75 Å².